The lowest BCUT2D eigenvalue weighted by Crippen LogP contribution is -2.79. The van der Waals surface area contributed by atoms with Crippen LogP contribution in [-0.2, 0) is 28.7 Å². The highest BCUT2D eigenvalue weighted by Gasteiger charge is 2.79. The molecule has 0 aromatic rings. The van der Waals surface area contributed by atoms with Crippen molar-refractivity contribution in [3.8, 4) is 0 Å². The topological polar surface area (TPSA) is 168 Å². The number of carboxylic acids is 1. The van der Waals surface area contributed by atoms with Crippen molar-refractivity contribution < 1.29 is 62.2 Å². The van der Waals surface area contributed by atoms with Gasteiger partial charge in [0, 0.05) is 29.6 Å². The van der Waals surface area contributed by atoms with Gasteiger partial charge in [-0.25, -0.2) is 14.4 Å². The van der Waals surface area contributed by atoms with Gasteiger partial charge in [0.1, 0.15) is 12.2 Å². The van der Waals surface area contributed by atoms with E-state index in [2.05, 4.69) is 0 Å². The second-order valence-corrected chi connectivity index (χ2v) is 10.6. The second kappa shape index (κ2) is 7.87. The molecule has 35 heavy (non-hydrogen) atoms. The van der Waals surface area contributed by atoms with Crippen molar-refractivity contribution in [2.75, 3.05) is 0 Å². The van der Waals surface area contributed by atoms with Crippen molar-refractivity contribution in [3.63, 3.8) is 0 Å². The fraction of sp³-hybridized carbons (Fsp3) is 0.818. The van der Waals surface area contributed by atoms with Gasteiger partial charge in [0.05, 0.1) is 6.10 Å². The summed E-state index contributed by atoms with van der Waals surface area (Å²) in [6.45, 7) is 3.99. The van der Waals surface area contributed by atoms with Crippen LogP contribution in [0.5, 0.6) is 0 Å². The Kier molecular flexibility index (Phi) is 5.81. The van der Waals surface area contributed by atoms with E-state index < -0.39 is 101 Å². The van der Waals surface area contributed by atoms with Crippen molar-refractivity contribution in [1.29, 1.82) is 0 Å². The number of carboxylic acid groups (broad SMARTS) is 1. The van der Waals surface area contributed by atoms with E-state index in [1.165, 1.54) is 6.92 Å². The molecular weight excluding hydrogens is 481 g/mol. The smallest absolute Gasteiger partial charge is 0.420 e. The van der Waals surface area contributed by atoms with Gasteiger partial charge in [-0.05, 0) is 24.2 Å². The zero-order valence-electron chi connectivity index (χ0n) is 19.1. The van der Waals surface area contributed by atoms with Crippen molar-refractivity contribution in [2.24, 2.45) is 40.9 Å². The first-order valence-electron chi connectivity index (χ1n) is 11.3. The number of esters is 2. The molecule has 1 saturated heterocycles. The molecule has 0 spiro atoms. The maximum absolute atomic E-state index is 14.6. The number of ketones is 1. The molecule has 1 aliphatic heterocycles. The Morgan fingerprint density at radius 1 is 1.14 bits per heavy atom. The number of carbonyl (C=O) groups excluding carboxylic acids is 3. The van der Waals surface area contributed by atoms with Crippen LogP contribution in [0.15, 0.2) is 0 Å². The average molecular weight is 508 g/mol. The number of fused-ring (bicyclic) bond motifs is 2. The first-order valence-corrected chi connectivity index (χ1v) is 11.3. The fourth-order valence-corrected chi connectivity index (χ4v) is 7.66. The number of carbonyl (C=O) groups is 4. The molecular formula is C22H27F3O10. The van der Waals surface area contributed by atoms with Gasteiger partial charge in [0.15, 0.2) is 11.4 Å². The number of hydrogen-bond acceptors (Lipinski definition) is 9. The van der Waals surface area contributed by atoms with E-state index in [0.717, 1.165) is 6.92 Å². The lowest BCUT2D eigenvalue weighted by Gasteiger charge is -2.68. The van der Waals surface area contributed by atoms with E-state index in [1.54, 1.807) is 6.92 Å². The van der Waals surface area contributed by atoms with Crippen LogP contribution in [-0.4, -0.2) is 80.3 Å². The SMILES string of the molecule is CC1CC(=O)[C@@H](O)[C@@]2(C)C1CC1OC(=O)[C@H](OC(=O)C(=O)O)C3C1C2[C@@](O)(C(F)(F)F)[C@H](O)[C@@H]3C. The predicted octanol–water partition coefficient (Wildman–Crippen LogP) is 0.0568. The molecule has 196 valence electrons. The Hall–Kier alpha value is -2.25. The molecule has 10 nitrogen and oxygen atoms in total. The van der Waals surface area contributed by atoms with Gasteiger partial charge >= 0.3 is 24.1 Å². The summed E-state index contributed by atoms with van der Waals surface area (Å²) < 4.78 is 53.9. The average Bonchev–Trinajstić information content (AvgIpc) is 2.74. The fourth-order valence-electron chi connectivity index (χ4n) is 7.66. The van der Waals surface area contributed by atoms with Crippen LogP contribution >= 0.6 is 0 Å². The molecule has 0 aromatic heterocycles. The predicted molar refractivity (Wildman–Crippen MR) is 105 cm³/mol. The highest BCUT2D eigenvalue weighted by Crippen LogP contribution is 2.68. The normalized spacial score (nSPS) is 49.4. The first-order chi connectivity index (χ1) is 16.0. The van der Waals surface area contributed by atoms with E-state index in [4.69, 9.17) is 14.6 Å². The minimum absolute atomic E-state index is 0.0399. The molecule has 12 atom stereocenters. The van der Waals surface area contributed by atoms with Crippen LogP contribution in [0.25, 0.3) is 0 Å². The molecule has 0 radical (unpaired) electrons. The Morgan fingerprint density at radius 2 is 1.74 bits per heavy atom. The zero-order valence-corrected chi connectivity index (χ0v) is 19.1. The number of aliphatic carboxylic acids is 1. The Bertz CT molecular complexity index is 968. The van der Waals surface area contributed by atoms with E-state index in [1.807, 2.05) is 0 Å². The van der Waals surface area contributed by atoms with Gasteiger partial charge in [-0.2, -0.15) is 13.2 Å². The second-order valence-electron chi connectivity index (χ2n) is 10.6. The standard InChI is InChI=1S/C22H27F3O10/c1-6-4-9(26)16(28)20(3)8(6)5-10-12-11(13(18(31)34-10)35-19(32)17(29)30)7(2)15(27)21(33,14(12)20)22(23,24)25/h6-8,10-16,27-28,33H,4-5H2,1-3H3,(H,29,30)/t6?,7-,8?,10?,11?,12?,13-,14?,15-,16-,20+,21+/m1/s1. The van der Waals surface area contributed by atoms with Crippen molar-refractivity contribution in [3.05, 3.63) is 0 Å². The summed E-state index contributed by atoms with van der Waals surface area (Å²) in [5.41, 5.74) is -5.71. The Labute approximate surface area is 197 Å². The molecule has 0 bridgehead atoms. The molecule has 13 heteroatoms. The number of Topliss-reactive ketones (excluding diaryl/α,β-unsaturated/α-hetero) is 1. The number of halogens is 3. The molecule has 4 rings (SSSR count). The van der Waals surface area contributed by atoms with Crippen molar-refractivity contribution >= 4 is 23.7 Å². The van der Waals surface area contributed by atoms with Crippen LogP contribution in [0.4, 0.5) is 13.2 Å². The molecule has 0 aromatic carbocycles. The third kappa shape index (κ3) is 3.27. The third-order valence-electron chi connectivity index (χ3n) is 9.06. The first kappa shape index (κ1) is 25.8. The zero-order chi connectivity index (χ0) is 26.4. The summed E-state index contributed by atoms with van der Waals surface area (Å²) in [4.78, 5) is 48.2. The van der Waals surface area contributed by atoms with Crippen LogP contribution < -0.4 is 0 Å². The summed E-state index contributed by atoms with van der Waals surface area (Å²) in [5.74, 6) is -13.5. The molecule has 6 unspecified atom stereocenters. The molecule has 0 amide bonds. The van der Waals surface area contributed by atoms with E-state index >= 15 is 0 Å². The Balaban J connectivity index is 1.95. The summed E-state index contributed by atoms with van der Waals surface area (Å²) in [6.07, 6.45) is -13.3. The molecule has 4 aliphatic rings. The summed E-state index contributed by atoms with van der Waals surface area (Å²) >= 11 is 0. The molecule has 3 saturated carbocycles. The molecule has 1 heterocycles. The van der Waals surface area contributed by atoms with Gasteiger partial charge < -0.3 is 29.9 Å². The van der Waals surface area contributed by atoms with Gasteiger partial charge in [-0.1, -0.05) is 20.8 Å². The monoisotopic (exact) mass is 508 g/mol. The quantitative estimate of drug-likeness (QED) is 0.281. The minimum Gasteiger partial charge on any atom is -0.473 e. The molecule has 3 aliphatic carbocycles. The van der Waals surface area contributed by atoms with Crippen LogP contribution in [0, 0.1) is 40.9 Å². The highest BCUT2D eigenvalue weighted by molar-refractivity contribution is 6.29. The van der Waals surface area contributed by atoms with Gasteiger partial charge in [0.2, 0.25) is 6.10 Å². The third-order valence-corrected chi connectivity index (χ3v) is 9.06. The number of aliphatic hydroxyl groups is 3. The summed E-state index contributed by atoms with van der Waals surface area (Å²) in [5, 5.41) is 42.1. The molecule has 4 N–H and O–H groups in total. The maximum atomic E-state index is 14.6. The van der Waals surface area contributed by atoms with Crippen LogP contribution in [0.1, 0.15) is 33.6 Å². The van der Waals surface area contributed by atoms with Crippen LogP contribution in [0.3, 0.4) is 0 Å². The number of aliphatic hydroxyl groups excluding tert-OH is 2. The summed E-state index contributed by atoms with van der Waals surface area (Å²) in [6, 6.07) is 0. The van der Waals surface area contributed by atoms with Crippen LogP contribution in [0.2, 0.25) is 0 Å². The Morgan fingerprint density at radius 3 is 2.29 bits per heavy atom. The molecule has 4 fully saturated rings. The lowest BCUT2D eigenvalue weighted by atomic mass is 9.39. The number of hydrogen-bond donors (Lipinski definition) is 4. The van der Waals surface area contributed by atoms with Gasteiger partial charge in [-0.3, -0.25) is 4.79 Å². The van der Waals surface area contributed by atoms with E-state index in [0.29, 0.717) is 0 Å². The van der Waals surface area contributed by atoms with E-state index in [-0.39, 0.29) is 12.8 Å². The maximum Gasteiger partial charge on any atom is 0.420 e. The van der Waals surface area contributed by atoms with E-state index in [9.17, 15) is 47.7 Å². The van der Waals surface area contributed by atoms with Gasteiger partial charge in [0.25, 0.3) is 0 Å². The summed E-state index contributed by atoms with van der Waals surface area (Å²) in [7, 11) is 0. The van der Waals surface area contributed by atoms with Crippen molar-refractivity contribution in [2.45, 2.75) is 69.8 Å². The number of rotatable bonds is 1. The highest BCUT2D eigenvalue weighted by atomic mass is 19.4. The lowest BCUT2D eigenvalue weighted by molar-refractivity contribution is -0.383. The van der Waals surface area contributed by atoms with Gasteiger partial charge in [-0.15, -0.1) is 0 Å². The number of alkyl halides is 3. The minimum atomic E-state index is -5.43. The van der Waals surface area contributed by atoms with Crippen molar-refractivity contribution in [1.82, 2.24) is 0 Å². The largest absolute Gasteiger partial charge is 0.473 e. The number of ether oxygens (including phenoxy) is 2.